The van der Waals surface area contributed by atoms with Crippen molar-refractivity contribution in [3.05, 3.63) is 29.3 Å². The molecule has 0 radical (unpaired) electrons. The van der Waals surface area contributed by atoms with Gasteiger partial charge in [0.2, 0.25) is 0 Å². The average molecular weight is 283 g/mol. The molecule has 1 aliphatic rings. The Balaban J connectivity index is 2.32. The second-order valence-corrected chi connectivity index (χ2v) is 5.18. The molecule has 2 rings (SSSR count). The van der Waals surface area contributed by atoms with Crippen LogP contribution in [0, 0.1) is 11.6 Å². The van der Waals surface area contributed by atoms with Gasteiger partial charge in [-0.2, -0.15) is 0 Å². The van der Waals surface area contributed by atoms with Crippen molar-refractivity contribution in [3.8, 4) is 0 Å². The summed E-state index contributed by atoms with van der Waals surface area (Å²) in [7, 11) is 1.71. The van der Waals surface area contributed by atoms with Gasteiger partial charge in [-0.15, -0.1) is 0 Å². The second-order valence-electron chi connectivity index (χ2n) is 5.18. The molecule has 0 atom stereocenters. The minimum absolute atomic E-state index is 0.0308. The first-order valence-electron chi connectivity index (χ1n) is 6.74. The molecule has 1 fully saturated rings. The lowest BCUT2D eigenvalue weighted by atomic mass is 9.94. The zero-order valence-corrected chi connectivity index (χ0v) is 11.4. The predicted octanol–water partition coefficient (Wildman–Crippen LogP) is 2.83. The lowest BCUT2D eigenvalue weighted by molar-refractivity contribution is 0.318. The molecule has 110 valence electrons. The number of nitrogens with zero attached hydrogens (tertiary/aromatic N) is 2. The van der Waals surface area contributed by atoms with Crippen molar-refractivity contribution in [2.24, 2.45) is 10.9 Å². The highest BCUT2D eigenvalue weighted by atomic mass is 19.1. The largest absolute Gasteiger partial charge is 0.409 e. The van der Waals surface area contributed by atoms with Gasteiger partial charge in [0.1, 0.15) is 17.3 Å². The highest BCUT2D eigenvalue weighted by Gasteiger charge is 2.24. The van der Waals surface area contributed by atoms with E-state index in [-0.39, 0.29) is 23.1 Å². The summed E-state index contributed by atoms with van der Waals surface area (Å²) in [5.74, 6) is -1.70. The highest BCUT2D eigenvalue weighted by Crippen LogP contribution is 2.30. The van der Waals surface area contributed by atoms with Crippen LogP contribution in [0.25, 0.3) is 0 Å². The van der Waals surface area contributed by atoms with Crippen LogP contribution in [0.4, 0.5) is 14.5 Å². The third kappa shape index (κ3) is 2.84. The minimum atomic E-state index is -0.695. The molecule has 0 saturated heterocycles. The monoisotopic (exact) mass is 283 g/mol. The van der Waals surface area contributed by atoms with E-state index < -0.39 is 11.6 Å². The summed E-state index contributed by atoms with van der Waals surface area (Å²) >= 11 is 0. The highest BCUT2D eigenvalue weighted by molar-refractivity contribution is 5.97. The Morgan fingerprint density at radius 1 is 1.25 bits per heavy atom. The summed E-state index contributed by atoms with van der Waals surface area (Å²) in [4.78, 5) is 1.67. The zero-order valence-electron chi connectivity index (χ0n) is 11.4. The molecule has 0 aliphatic heterocycles. The Morgan fingerprint density at radius 3 is 2.30 bits per heavy atom. The van der Waals surface area contributed by atoms with E-state index in [4.69, 9.17) is 10.9 Å². The van der Waals surface area contributed by atoms with Gasteiger partial charge < -0.3 is 15.8 Å². The first-order valence-corrected chi connectivity index (χ1v) is 6.74. The molecule has 0 amide bonds. The van der Waals surface area contributed by atoms with Crippen LogP contribution >= 0.6 is 0 Å². The fraction of sp³-hybridized carbons (Fsp3) is 0.500. The molecule has 0 bridgehead atoms. The van der Waals surface area contributed by atoms with Gasteiger partial charge in [0.05, 0.1) is 0 Å². The van der Waals surface area contributed by atoms with Crippen LogP contribution in [0.3, 0.4) is 0 Å². The first kappa shape index (κ1) is 14.6. The number of halogens is 2. The molecule has 3 N–H and O–H groups in total. The topological polar surface area (TPSA) is 61.8 Å². The summed E-state index contributed by atoms with van der Waals surface area (Å²) in [6.07, 6.45) is 5.23. The summed E-state index contributed by atoms with van der Waals surface area (Å²) in [5, 5.41) is 11.3. The Labute approximate surface area is 116 Å². The van der Waals surface area contributed by atoms with E-state index in [1.54, 1.807) is 11.9 Å². The molecule has 1 saturated carbocycles. The van der Waals surface area contributed by atoms with Crippen molar-refractivity contribution in [3.63, 3.8) is 0 Å². The van der Waals surface area contributed by atoms with Gasteiger partial charge in [0.15, 0.2) is 5.84 Å². The Hall–Kier alpha value is -1.85. The van der Waals surface area contributed by atoms with Crippen molar-refractivity contribution >= 4 is 11.5 Å². The molecular formula is C14H19F2N3O. The molecule has 0 spiro atoms. The van der Waals surface area contributed by atoms with E-state index in [1.165, 1.54) is 6.42 Å². The maximum absolute atomic E-state index is 14.1. The smallest absolute Gasteiger partial charge is 0.170 e. The molecule has 4 nitrogen and oxygen atoms in total. The van der Waals surface area contributed by atoms with Crippen LogP contribution in [0.15, 0.2) is 17.3 Å². The van der Waals surface area contributed by atoms with Gasteiger partial charge in [-0.25, -0.2) is 8.78 Å². The van der Waals surface area contributed by atoms with Crippen LogP contribution in [-0.2, 0) is 0 Å². The van der Waals surface area contributed by atoms with Crippen molar-refractivity contribution in [1.82, 2.24) is 0 Å². The maximum Gasteiger partial charge on any atom is 0.170 e. The van der Waals surface area contributed by atoms with Crippen molar-refractivity contribution < 1.29 is 14.0 Å². The quantitative estimate of drug-likeness (QED) is 0.388. The van der Waals surface area contributed by atoms with E-state index in [0.717, 1.165) is 37.8 Å². The number of benzene rings is 1. The molecule has 0 heterocycles. The Kier molecular flexibility index (Phi) is 4.42. The number of hydrogen-bond acceptors (Lipinski definition) is 3. The summed E-state index contributed by atoms with van der Waals surface area (Å²) < 4.78 is 28.3. The van der Waals surface area contributed by atoms with Crippen LogP contribution in [0.5, 0.6) is 0 Å². The van der Waals surface area contributed by atoms with Gasteiger partial charge in [0, 0.05) is 18.7 Å². The Morgan fingerprint density at radius 2 is 1.80 bits per heavy atom. The summed E-state index contributed by atoms with van der Waals surface area (Å²) in [6, 6.07) is 2.34. The summed E-state index contributed by atoms with van der Waals surface area (Å²) in [6.45, 7) is 0. The average Bonchev–Trinajstić information content (AvgIpc) is 2.46. The molecule has 20 heavy (non-hydrogen) atoms. The van der Waals surface area contributed by atoms with Gasteiger partial charge in [0.25, 0.3) is 0 Å². The third-order valence-corrected chi connectivity index (χ3v) is 3.90. The van der Waals surface area contributed by atoms with Gasteiger partial charge in [-0.05, 0) is 25.0 Å². The fourth-order valence-electron chi connectivity index (χ4n) is 2.76. The number of oxime groups is 1. The normalized spacial score (nSPS) is 17.2. The van der Waals surface area contributed by atoms with Gasteiger partial charge >= 0.3 is 0 Å². The molecule has 1 aromatic rings. The minimum Gasteiger partial charge on any atom is -0.409 e. The lowest BCUT2D eigenvalue weighted by Crippen LogP contribution is -2.34. The van der Waals surface area contributed by atoms with Gasteiger partial charge in [-0.3, -0.25) is 0 Å². The molecule has 0 unspecified atom stereocenters. The molecule has 0 aromatic heterocycles. The molecule has 1 aromatic carbocycles. The molecule has 6 heteroatoms. The van der Waals surface area contributed by atoms with Crippen molar-refractivity contribution in [1.29, 1.82) is 0 Å². The lowest BCUT2D eigenvalue weighted by Gasteiger charge is -2.33. The number of nitrogens with two attached hydrogens (primary N) is 1. The van der Waals surface area contributed by atoms with E-state index in [0.29, 0.717) is 0 Å². The van der Waals surface area contributed by atoms with Crippen LogP contribution in [-0.4, -0.2) is 24.1 Å². The maximum atomic E-state index is 14.1. The van der Waals surface area contributed by atoms with Gasteiger partial charge in [-0.1, -0.05) is 24.4 Å². The first-order chi connectivity index (χ1) is 9.54. The fourth-order valence-corrected chi connectivity index (χ4v) is 2.76. The van der Waals surface area contributed by atoms with Crippen LogP contribution in [0.1, 0.15) is 37.7 Å². The zero-order chi connectivity index (χ0) is 14.7. The number of amidine groups is 1. The third-order valence-electron chi connectivity index (χ3n) is 3.90. The summed E-state index contributed by atoms with van der Waals surface area (Å²) in [5.41, 5.74) is 5.34. The van der Waals surface area contributed by atoms with E-state index >= 15 is 0 Å². The Bertz CT molecular complexity index is 490. The van der Waals surface area contributed by atoms with E-state index in [1.807, 2.05) is 0 Å². The standard InChI is InChI=1S/C14H19F2N3O/c1-19(10-5-3-2-4-6-10)13-11(15)7-9(8-12(13)16)14(17)18-20/h7-8,10,20H,2-6H2,1H3,(H2,17,18). The van der Waals surface area contributed by atoms with E-state index in [9.17, 15) is 8.78 Å². The second kappa shape index (κ2) is 6.07. The SMILES string of the molecule is CN(c1c(F)cc(C(N)=NO)cc1F)C1CCCCC1. The number of hydrogen-bond donors (Lipinski definition) is 2. The molecule has 1 aliphatic carbocycles. The predicted molar refractivity (Wildman–Crippen MR) is 74.1 cm³/mol. The molecular weight excluding hydrogens is 264 g/mol. The van der Waals surface area contributed by atoms with E-state index in [2.05, 4.69) is 5.16 Å². The van der Waals surface area contributed by atoms with Crippen LogP contribution in [0.2, 0.25) is 0 Å². The van der Waals surface area contributed by atoms with Crippen molar-refractivity contribution in [2.45, 2.75) is 38.1 Å². The van der Waals surface area contributed by atoms with Crippen LogP contribution < -0.4 is 10.6 Å². The van der Waals surface area contributed by atoms with Crippen molar-refractivity contribution in [2.75, 3.05) is 11.9 Å². The number of rotatable bonds is 3. The number of anilines is 1.